The molecule has 0 aliphatic heterocycles. The maximum atomic E-state index is 13.8. The second-order valence-electron chi connectivity index (χ2n) is 6.23. The Bertz CT molecular complexity index is 1240. The van der Waals surface area contributed by atoms with Gasteiger partial charge in [0.25, 0.3) is 15.9 Å². The van der Waals surface area contributed by atoms with Crippen LogP contribution < -0.4 is 9.62 Å². The minimum atomic E-state index is -4.12. The molecular weight excluding hydrogens is 443 g/mol. The number of halogens is 5. The van der Waals surface area contributed by atoms with Crippen LogP contribution in [-0.4, -0.2) is 21.4 Å². The molecule has 1 amide bonds. The maximum absolute atomic E-state index is 13.8. The predicted octanol–water partition coefficient (Wildman–Crippen LogP) is 4.46. The second kappa shape index (κ2) is 8.34. The van der Waals surface area contributed by atoms with Crippen LogP contribution >= 0.6 is 0 Å². The van der Waals surface area contributed by atoms with Crippen LogP contribution in [0.25, 0.3) is 0 Å². The fourth-order valence-corrected chi connectivity index (χ4v) is 3.87. The molecule has 3 aromatic rings. The molecule has 3 rings (SSSR count). The number of hydrogen-bond acceptors (Lipinski definition) is 3. The molecule has 0 bridgehead atoms. The molecular formula is C20H13F5N2O3S. The summed E-state index contributed by atoms with van der Waals surface area (Å²) in [5, 5.41) is 1.60. The number of carbonyl (C=O) groups excluding carboxylic acids is 1. The maximum Gasteiger partial charge on any atom is 0.264 e. The molecule has 0 atom stereocenters. The molecule has 5 nitrogen and oxygen atoms in total. The molecule has 0 fully saturated rings. The van der Waals surface area contributed by atoms with Crippen molar-refractivity contribution in [2.45, 2.75) is 4.90 Å². The SMILES string of the molecule is CN(c1ccccc1)S(=O)(=O)c1cccc(C(=O)Nc2c(F)c(F)c(F)c(F)c2F)c1. The van der Waals surface area contributed by atoms with E-state index < -0.39 is 50.7 Å². The first-order valence-corrected chi connectivity index (χ1v) is 9.96. The number of rotatable bonds is 5. The van der Waals surface area contributed by atoms with Gasteiger partial charge in [-0.25, -0.2) is 30.4 Å². The smallest absolute Gasteiger partial charge is 0.264 e. The molecule has 0 aromatic heterocycles. The van der Waals surface area contributed by atoms with Gasteiger partial charge >= 0.3 is 0 Å². The van der Waals surface area contributed by atoms with Crippen molar-refractivity contribution in [3.05, 3.63) is 89.2 Å². The normalized spacial score (nSPS) is 11.3. The highest BCUT2D eigenvalue weighted by Gasteiger charge is 2.28. The van der Waals surface area contributed by atoms with E-state index in [0.29, 0.717) is 5.69 Å². The minimum Gasteiger partial charge on any atom is -0.317 e. The largest absolute Gasteiger partial charge is 0.317 e. The predicted molar refractivity (Wildman–Crippen MR) is 103 cm³/mol. The van der Waals surface area contributed by atoms with Crippen molar-refractivity contribution >= 4 is 27.3 Å². The van der Waals surface area contributed by atoms with Crippen molar-refractivity contribution in [3.8, 4) is 0 Å². The lowest BCUT2D eigenvalue weighted by Gasteiger charge is -2.19. The van der Waals surface area contributed by atoms with Gasteiger partial charge in [-0.3, -0.25) is 9.10 Å². The third-order valence-electron chi connectivity index (χ3n) is 4.32. The molecule has 0 heterocycles. The van der Waals surface area contributed by atoms with Gasteiger partial charge in [-0.1, -0.05) is 24.3 Å². The van der Waals surface area contributed by atoms with Crippen LogP contribution in [0.2, 0.25) is 0 Å². The van der Waals surface area contributed by atoms with E-state index >= 15 is 0 Å². The number of carbonyl (C=O) groups is 1. The first-order valence-electron chi connectivity index (χ1n) is 8.52. The number of para-hydroxylation sites is 1. The average molecular weight is 456 g/mol. The Balaban J connectivity index is 1.95. The van der Waals surface area contributed by atoms with Crippen LogP contribution in [0, 0.1) is 29.1 Å². The zero-order valence-corrected chi connectivity index (χ0v) is 16.5. The lowest BCUT2D eigenvalue weighted by atomic mass is 10.2. The summed E-state index contributed by atoms with van der Waals surface area (Å²) in [4.78, 5) is 12.0. The Morgan fingerprint density at radius 2 is 1.35 bits per heavy atom. The fourth-order valence-electron chi connectivity index (χ4n) is 2.63. The van der Waals surface area contributed by atoms with Gasteiger partial charge in [0.2, 0.25) is 5.82 Å². The van der Waals surface area contributed by atoms with Gasteiger partial charge in [0.05, 0.1) is 10.6 Å². The summed E-state index contributed by atoms with van der Waals surface area (Å²) in [5.41, 5.74) is -1.60. The number of nitrogens with zero attached hydrogens (tertiary/aromatic N) is 1. The average Bonchev–Trinajstić information content (AvgIpc) is 2.79. The van der Waals surface area contributed by atoms with E-state index in [1.165, 1.54) is 31.3 Å². The summed E-state index contributed by atoms with van der Waals surface area (Å²) in [7, 11) is -2.84. The Morgan fingerprint density at radius 1 is 0.806 bits per heavy atom. The van der Waals surface area contributed by atoms with Crippen molar-refractivity contribution in [2.75, 3.05) is 16.7 Å². The summed E-state index contributed by atoms with van der Waals surface area (Å²) in [6.07, 6.45) is 0. The molecule has 0 saturated heterocycles. The quantitative estimate of drug-likeness (QED) is 0.350. The molecule has 0 saturated carbocycles. The molecule has 0 aliphatic carbocycles. The lowest BCUT2D eigenvalue weighted by Crippen LogP contribution is -2.27. The Morgan fingerprint density at radius 3 is 1.94 bits per heavy atom. The third kappa shape index (κ3) is 4.08. The molecule has 1 N–H and O–H groups in total. The van der Waals surface area contributed by atoms with E-state index in [1.54, 1.807) is 23.5 Å². The Hall–Kier alpha value is -3.47. The summed E-state index contributed by atoms with van der Waals surface area (Å²) >= 11 is 0. The van der Waals surface area contributed by atoms with Gasteiger partial charge < -0.3 is 5.32 Å². The molecule has 0 unspecified atom stereocenters. The van der Waals surface area contributed by atoms with Gasteiger partial charge in [0.15, 0.2) is 23.3 Å². The van der Waals surface area contributed by atoms with Crippen molar-refractivity contribution in [3.63, 3.8) is 0 Å². The number of benzene rings is 3. The lowest BCUT2D eigenvalue weighted by molar-refractivity contribution is 0.102. The molecule has 31 heavy (non-hydrogen) atoms. The Labute approximate surface area is 173 Å². The summed E-state index contributed by atoms with van der Waals surface area (Å²) in [6.45, 7) is 0. The molecule has 3 aromatic carbocycles. The first-order chi connectivity index (χ1) is 14.6. The standard InChI is InChI=1S/C20H13F5N2O3S/c1-27(12-7-3-2-4-8-12)31(29,30)13-9-5-6-11(10-13)20(28)26-19-17(24)15(22)14(21)16(23)18(19)25/h2-10H,1H3,(H,26,28). The van der Waals surface area contributed by atoms with Gasteiger partial charge in [-0.05, 0) is 30.3 Å². The van der Waals surface area contributed by atoms with Gasteiger partial charge in [0, 0.05) is 12.6 Å². The summed E-state index contributed by atoms with van der Waals surface area (Å²) < 4.78 is 94.0. The van der Waals surface area contributed by atoms with Gasteiger partial charge in [-0.15, -0.1) is 0 Å². The summed E-state index contributed by atoms with van der Waals surface area (Å²) in [6, 6.07) is 12.4. The van der Waals surface area contributed by atoms with Crippen LogP contribution in [0.15, 0.2) is 59.5 Å². The highest BCUT2D eigenvalue weighted by atomic mass is 32.2. The van der Waals surface area contributed by atoms with E-state index in [1.807, 2.05) is 0 Å². The van der Waals surface area contributed by atoms with Crippen molar-refractivity contribution in [1.29, 1.82) is 0 Å². The van der Waals surface area contributed by atoms with E-state index in [9.17, 15) is 35.2 Å². The van der Waals surface area contributed by atoms with Gasteiger partial charge in [0.1, 0.15) is 5.69 Å². The third-order valence-corrected chi connectivity index (χ3v) is 6.10. The van der Waals surface area contributed by atoms with E-state index in [-0.39, 0.29) is 10.5 Å². The van der Waals surface area contributed by atoms with E-state index in [4.69, 9.17) is 0 Å². The second-order valence-corrected chi connectivity index (χ2v) is 8.20. The topological polar surface area (TPSA) is 66.5 Å². The Kier molecular flexibility index (Phi) is 5.98. The highest BCUT2D eigenvalue weighted by molar-refractivity contribution is 7.92. The molecule has 162 valence electrons. The van der Waals surface area contributed by atoms with Crippen LogP contribution in [0.5, 0.6) is 0 Å². The first kappa shape index (κ1) is 22.2. The monoisotopic (exact) mass is 456 g/mol. The van der Waals surface area contributed by atoms with Crippen molar-refractivity contribution in [1.82, 2.24) is 0 Å². The van der Waals surface area contributed by atoms with Crippen molar-refractivity contribution in [2.24, 2.45) is 0 Å². The van der Waals surface area contributed by atoms with Crippen LogP contribution in [-0.2, 0) is 10.0 Å². The fraction of sp³-hybridized carbons (Fsp3) is 0.0500. The number of anilines is 2. The minimum absolute atomic E-state index is 0.330. The molecule has 0 aliphatic rings. The zero-order valence-electron chi connectivity index (χ0n) is 15.7. The number of nitrogens with one attached hydrogen (secondary N) is 1. The molecule has 0 radical (unpaired) electrons. The molecule has 0 spiro atoms. The van der Waals surface area contributed by atoms with Crippen LogP contribution in [0.3, 0.4) is 0 Å². The van der Waals surface area contributed by atoms with E-state index in [0.717, 1.165) is 16.4 Å². The summed E-state index contributed by atoms with van der Waals surface area (Å²) in [5.74, 6) is -12.5. The number of amides is 1. The molecule has 11 heteroatoms. The van der Waals surface area contributed by atoms with Crippen LogP contribution in [0.1, 0.15) is 10.4 Å². The van der Waals surface area contributed by atoms with E-state index in [2.05, 4.69) is 0 Å². The number of sulfonamides is 1. The number of hydrogen-bond donors (Lipinski definition) is 1. The highest BCUT2D eigenvalue weighted by Crippen LogP contribution is 2.28. The van der Waals surface area contributed by atoms with Crippen LogP contribution in [0.4, 0.5) is 33.3 Å². The van der Waals surface area contributed by atoms with Gasteiger partial charge in [-0.2, -0.15) is 0 Å². The zero-order chi connectivity index (χ0) is 22.9. The van der Waals surface area contributed by atoms with Crippen molar-refractivity contribution < 1.29 is 35.2 Å².